The first-order valence-corrected chi connectivity index (χ1v) is 9.75. The molecule has 2 aromatic carbocycles. The van der Waals surface area contributed by atoms with Crippen molar-refractivity contribution in [2.24, 2.45) is 0 Å². The maximum atomic E-state index is 13.8. The minimum Gasteiger partial charge on any atom is -0.507 e. The Balaban J connectivity index is 1.89. The number of para-hydroxylation sites is 1. The van der Waals surface area contributed by atoms with Crippen molar-refractivity contribution in [2.75, 3.05) is 26.3 Å². The Hall–Kier alpha value is -2.75. The number of rotatable bonds is 4. The van der Waals surface area contributed by atoms with Gasteiger partial charge in [0.1, 0.15) is 17.1 Å². The van der Waals surface area contributed by atoms with Gasteiger partial charge in [-0.25, -0.2) is 0 Å². The summed E-state index contributed by atoms with van der Waals surface area (Å²) < 4.78 is 57.2. The van der Waals surface area contributed by atoms with Crippen LogP contribution in [-0.2, 0) is 17.5 Å². The Morgan fingerprint density at radius 3 is 2.52 bits per heavy atom. The summed E-state index contributed by atoms with van der Waals surface area (Å²) in [5, 5.41) is 10.2. The Bertz CT molecular complexity index is 1170. The number of phenols is 1. The summed E-state index contributed by atoms with van der Waals surface area (Å²) in [7, 11) is 0. The predicted octanol–water partition coefficient (Wildman–Crippen LogP) is 4.80. The van der Waals surface area contributed by atoms with Crippen LogP contribution in [0.25, 0.3) is 11.0 Å². The topological polar surface area (TPSA) is 72.1 Å². The van der Waals surface area contributed by atoms with Crippen LogP contribution in [0.3, 0.4) is 0 Å². The SMILES string of the molecule is O=c1c(Oc2ccccc2Cl)c(C(F)(F)F)oc2c(CN3CCOCC3)c(O)ccc12. The van der Waals surface area contributed by atoms with E-state index >= 15 is 0 Å². The summed E-state index contributed by atoms with van der Waals surface area (Å²) in [6.07, 6.45) is -5.02. The molecule has 0 bridgehead atoms. The van der Waals surface area contributed by atoms with E-state index in [1.54, 1.807) is 6.07 Å². The Morgan fingerprint density at radius 1 is 1.13 bits per heavy atom. The summed E-state index contributed by atoms with van der Waals surface area (Å²) >= 11 is 5.98. The van der Waals surface area contributed by atoms with Crippen LogP contribution < -0.4 is 10.2 Å². The molecule has 0 atom stereocenters. The minimum absolute atomic E-state index is 0.0360. The van der Waals surface area contributed by atoms with Crippen LogP contribution in [0.15, 0.2) is 45.6 Å². The molecule has 1 aromatic heterocycles. The first kappa shape index (κ1) is 21.5. The van der Waals surface area contributed by atoms with Crippen molar-refractivity contribution in [3.63, 3.8) is 0 Å². The molecule has 1 aliphatic rings. The van der Waals surface area contributed by atoms with E-state index in [2.05, 4.69) is 0 Å². The second kappa shape index (κ2) is 8.41. The lowest BCUT2D eigenvalue weighted by Gasteiger charge is -2.27. The average molecular weight is 456 g/mol. The molecular weight excluding hydrogens is 439 g/mol. The number of nitrogens with zero attached hydrogens (tertiary/aromatic N) is 1. The van der Waals surface area contributed by atoms with E-state index in [4.69, 9.17) is 25.5 Å². The summed E-state index contributed by atoms with van der Waals surface area (Å²) in [6.45, 7) is 2.06. The molecule has 0 amide bonds. The smallest absolute Gasteiger partial charge is 0.453 e. The summed E-state index contributed by atoms with van der Waals surface area (Å²) in [5.74, 6) is -3.00. The Kier molecular flexibility index (Phi) is 5.83. The van der Waals surface area contributed by atoms with Crippen LogP contribution >= 0.6 is 11.6 Å². The second-order valence-electron chi connectivity index (χ2n) is 6.95. The Morgan fingerprint density at radius 2 is 1.84 bits per heavy atom. The number of morpholine rings is 1. The maximum absolute atomic E-state index is 13.8. The highest BCUT2D eigenvalue weighted by Crippen LogP contribution is 2.41. The van der Waals surface area contributed by atoms with Crippen LogP contribution in [0.4, 0.5) is 13.2 Å². The fourth-order valence-electron chi connectivity index (χ4n) is 3.34. The van der Waals surface area contributed by atoms with Crippen LogP contribution in [0, 0.1) is 0 Å². The van der Waals surface area contributed by atoms with Gasteiger partial charge >= 0.3 is 6.18 Å². The third kappa shape index (κ3) is 4.34. The van der Waals surface area contributed by atoms with E-state index in [1.165, 1.54) is 30.3 Å². The van der Waals surface area contributed by atoms with Gasteiger partial charge in [-0.3, -0.25) is 9.69 Å². The van der Waals surface area contributed by atoms with Crippen molar-refractivity contribution < 1.29 is 32.2 Å². The largest absolute Gasteiger partial charge is 0.507 e. The normalized spacial score (nSPS) is 15.4. The molecule has 2 heterocycles. The Labute approximate surface area is 179 Å². The van der Waals surface area contributed by atoms with Crippen molar-refractivity contribution >= 4 is 22.6 Å². The van der Waals surface area contributed by atoms with Gasteiger partial charge in [-0.1, -0.05) is 23.7 Å². The zero-order valence-electron chi connectivity index (χ0n) is 16.0. The second-order valence-corrected chi connectivity index (χ2v) is 7.36. The number of hydrogen-bond donors (Lipinski definition) is 1. The molecule has 164 valence electrons. The number of hydrogen-bond acceptors (Lipinski definition) is 6. The maximum Gasteiger partial charge on any atom is 0.453 e. The molecule has 1 fully saturated rings. The van der Waals surface area contributed by atoms with Crippen molar-refractivity contribution in [2.45, 2.75) is 12.7 Å². The quantitative estimate of drug-likeness (QED) is 0.609. The lowest BCUT2D eigenvalue weighted by molar-refractivity contribution is -0.154. The van der Waals surface area contributed by atoms with Crippen LogP contribution in [0.1, 0.15) is 11.3 Å². The average Bonchev–Trinajstić information content (AvgIpc) is 2.73. The molecule has 1 aliphatic heterocycles. The molecule has 31 heavy (non-hydrogen) atoms. The molecule has 4 rings (SSSR count). The van der Waals surface area contributed by atoms with Gasteiger partial charge < -0.3 is 19.0 Å². The molecule has 0 spiro atoms. The lowest BCUT2D eigenvalue weighted by Crippen LogP contribution is -2.35. The number of alkyl halides is 3. The fourth-order valence-corrected chi connectivity index (χ4v) is 3.51. The van der Waals surface area contributed by atoms with E-state index < -0.39 is 23.1 Å². The molecular formula is C21H17ClF3NO5. The van der Waals surface area contributed by atoms with Gasteiger partial charge in [0.25, 0.3) is 5.76 Å². The van der Waals surface area contributed by atoms with E-state index in [-0.39, 0.29) is 39.6 Å². The number of ether oxygens (including phenoxy) is 2. The van der Waals surface area contributed by atoms with Crippen LogP contribution in [-0.4, -0.2) is 36.3 Å². The third-order valence-corrected chi connectivity index (χ3v) is 5.20. The summed E-state index contributed by atoms with van der Waals surface area (Å²) in [4.78, 5) is 14.9. The van der Waals surface area contributed by atoms with Crippen LogP contribution in [0.2, 0.25) is 5.02 Å². The standard InChI is InChI=1S/C21H17ClF3NO5/c22-14-3-1-2-4-16(14)30-19-17(28)12-5-6-15(27)13(11-26-7-9-29-10-8-26)18(12)31-20(19)21(23,24)25/h1-6,27H,7-11H2. The van der Waals surface area contributed by atoms with E-state index in [0.29, 0.717) is 26.3 Å². The molecule has 10 heteroatoms. The van der Waals surface area contributed by atoms with Crippen molar-refractivity contribution in [1.29, 1.82) is 0 Å². The van der Waals surface area contributed by atoms with Gasteiger partial charge in [-0.15, -0.1) is 0 Å². The zero-order chi connectivity index (χ0) is 22.2. The van der Waals surface area contributed by atoms with E-state index in [9.17, 15) is 23.1 Å². The number of aromatic hydroxyl groups is 1. The zero-order valence-corrected chi connectivity index (χ0v) is 16.8. The van der Waals surface area contributed by atoms with Crippen molar-refractivity contribution in [3.05, 3.63) is 63.0 Å². The van der Waals surface area contributed by atoms with Gasteiger partial charge in [0.05, 0.1) is 29.2 Å². The van der Waals surface area contributed by atoms with Gasteiger partial charge in [0.15, 0.2) is 0 Å². The van der Waals surface area contributed by atoms with Gasteiger partial charge in [0, 0.05) is 19.6 Å². The molecule has 0 unspecified atom stereocenters. The first-order chi connectivity index (χ1) is 14.8. The first-order valence-electron chi connectivity index (χ1n) is 9.37. The van der Waals surface area contributed by atoms with Crippen molar-refractivity contribution in [3.8, 4) is 17.2 Å². The highest BCUT2D eigenvalue weighted by atomic mass is 35.5. The molecule has 1 N–H and O–H groups in total. The molecule has 3 aromatic rings. The molecule has 0 radical (unpaired) electrons. The third-order valence-electron chi connectivity index (χ3n) is 4.89. The van der Waals surface area contributed by atoms with E-state index in [0.717, 1.165) is 0 Å². The monoisotopic (exact) mass is 455 g/mol. The summed E-state index contributed by atoms with van der Waals surface area (Å²) in [5.41, 5.74) is -1.27. The van der Waals surface area contributed by atoms with Crippen LogP contribution in [0.5, 0.6) is 17.2 Å². The molecule has 0 saturated carbocycles. The van der Waals surface area contributed by atoms with E-state index in [1.807, 2.05) is 4.90 Å². The minimum atomic E-state index is -5.02. The van der Waals surface area contributed by atoms with Crippen molar-refractivity contribution in [1.82, 2.24) is 4.90 Å². The number of phenolic OH excluding ortho intramolecular Hbond substituents is 1. The van der Waals surface area contributed by atoms with Gasteiger partial charge in [0.2, 0.25) is 11.2 Å². The fraction of sp³-hybridized carbons (Fsp3) is 0.286. The highest BCUT2D eigenvalue weighted by Gasteiger charge is 2.41. The predicted molar refractivity (Wildman–Crippen MR) is 107 cm³/mol. The highest BCUT2D eigenvalue weighted by molar-refractivity contribution is 6.32. The number of fused-ring (bicyclic) bond motifs is 1. The molecule has 6 nitrogen and oxygen atoms in total. The number of benzene rings is 2. The number of halogens is 4. The summed E-state index contributed by atoms with van der Waals surface area (Å²) in [6, 6.07) is 8.30. The van der Waals surface area contributed by atoms with Gasteiger partial charge in [-0.2, -0.15) is 13.2 Å². The lowest BCUT2D eigenvalue weighted by atomic mass is 10.1. The van der Waals surface area contributed by atoms with Gasteiger partial charge in [-0.05, 0) is 24.3 Å². The molecule has 0 aliphatic carbocycles. The molecule has 1 saturated heterocycles.